The number of aliphatic carboxylic acids is 1. The van der Waals surface area contributed by atoms with Gasteiger partial charge in [0.2, 0.25) is 0 Å². The van der Waals surface area contributed by atoms with Crippen molar-refractivity contribution in [2.45, 2.75) is 26.9 Å². The van der Waals surface area contributed by atoms with Gasteiger partial charge < -0.3 is 5.11 Å². The van der Waals surface area contributed by atoms with Crippen molar-refractivity contribution in [1.82, 2.24) is 10.7 Å². The summed E-state index contributed by atoms with van der Waals surface area (Å²) < 4.78 is 0. The van der Waals surface area contributed by atoms with Crippen LogP contribution in [-0.4, -0.2) is 22.4 Å². The van der Waals surface area contributed by atoms with E-state index in [2.05, 4.69) is 5.53 Å². The second-order valence-corrected chi connectivity index (χ2v) is 4.42. The molecule has 1 unspecified atom stereocenters. The number of nitrogens with one attached hydrogen (secondary N) is 1. The quantitative estimate of drug-likeness (QED) is 0.862. The van der Waals surface area contributed by atoms with E-state index < -0.39 is 12.1 Å². The van der Waals surface area contributed by atoms with Gasteiger partial charge in [-0.1, -0.05) is 18.2 Å². The molecule has 0 saturated carbocycles. The SMILES string of the molecule is Cc1cccc(C)c1N1C=CN(OC(C)C(=O)O)N1. The Bertz CT molecular complexity index is 496. The first-order chi connectivity index (χ1) is 8.99. The molecule has 0 bridgehead atoms. The summed E-state index contributed by atoms with van der Waals surface area (Å²) in [5, 5.41) is 11.9. The number of hydrogen-bond donors (Lipinski definition) is 2. The van der Waals surface area contributed by atoms with Gasteiger partial charge in [0.25, 0.3) is 0 Å². The smallest absolute Gasteiger partial charge is 0.335 e. The van der Waals surface area contributed by atoms with Crippen molar-refractivity contribution in [1.29, 1.82) is 0 Å². The van der Waals surface area contributed by atoms with Gasteiger partial charge in [0, 0.05) is 6.20 Å². The summed E-state index contributed by atoms with van der Waals surface area (Å²) in [7, 11) is 0. The van der Waals surface area contributed by atoms with Crippen molar-refractivity contribution in [2.24, 2.45) is 0 Å². The fraction of sp³-hybridized carbons (Fsp3) is 0.308. The predicted octanol–water partition coefficient (Wildman–Crippen LogP) is 1.72. The Morgan fingerprint density at radius 1 is 1.32 bits per heavy atom. The zero-order valence-corrected chi connectivity index (χ0v) is 11.1. The number of carboxylic acid groups (broad SMARTS) is 1. The number of aryl methyl sites for hydroxylation is 2. The van der Waals surface area contributed by atoms with Crippen molar-refractivity contribution in [3.63, 3.8) is 0 Å². The number of benzene rings is 1. The van der Waals surface area contributed by atoms with E-state index in [1.165, 1.54) is 12.1 Å². The van der Waals surface area contributed by atoms with E-state index in [4.69, 9.17) is 9.94 Å². The molecule has 0 aromatic heterocycles. The van der Waals surface area contributed by atoms with Gasteiger partial charge in [-0.05, 0) is 31.9 Å². The highest BCUT2D eigenvalue weighted by Gasteiger charge is 2.21. The van der Waals surface area contributed by atoms with Crippen LogP contribution in [0.3, 0.4) is 0 Å². The highest BCUT2D eigenvalue weighted by Crippen LogP contribution is 2.25. The van der Waals surface area contributed by atoms with Crippen molar-refractivity contribution in [3.8, 4) is 0 Å². The van der Waals surface area contributed by atoms with Crippen LogP contribution < -0.4 is 10.5 Å². The molecule has 6 heteroatoms. The van der Waals surface area contributed by atoms with Crippen LogP contribution in [0.1, 0.15) is 18.1 Å². The number of carbonyl (C=O) groups is 1. The van der Waals surface area contributed by atoms with E-state index >= 15 is 0 Å². The van der Waals surface area contributed by atoms with Gasteiger partial charge in [-0.2, -0.15) is 5.17 Å². The molecule has 0 amide bonds. The molecule has 2 N–H and O–H groups in total. The molecule has 6 nitrogen and oxygen atoms in total. The van der Waals surface area contributed by atoms with E-state index in [0.29, 0.717) is 0 Å². The van der Waals surface area contributed by atoms with Crippen LogP contribution in [0.5, 0.6) is 0 Å². The molecule has 0 fully saturated rings. The lowest BCUT2D eigenvalue weighted by Gasteiger charge is -2.25. The van der Waals surface area contributed by atoms with Gasteiger partial charge in [0.1, 0.15) is 0 Å². The zero-order valence-electron chi connectivity index (χ0n) is 11.1. The van der Waals surface area contributed by atoms with E-state index in [1.807, 2.05) is 32.0 Å². The maximum absolute atomic E-state index is 10.7. The highest BCUT2D eigenvalue weighted by atomic mass is 16.7. The lowest BCUT2D eigenvalue weighted by Crippen LogP contribution is -2.42. The average Bonchev–Trinajstić information content (AvgIpc) is 2.77. The van der Waals surface area contributed by atoms with Crippen molar-refractivity contribution in [2.75, 3.05) is 5.01 Å². The molecular formula is C13H17N3O3. The number of para-hydroxylation sites is 1. The number of hydrazine groups is 2. The van der Waals surface area contributed by atoms with E-state index in [-0.39, 0.29) is 0 Å². The molecule has 0 aliphatic carbocycles. The molecule has 1 aromatic rings. The van der Waals surface area contributed by atoms with Gasteiger partial charge in [-0.25, -0.2) is 9.63 Å². The van der Waals surface area contributed by atoms with Gasteiger partial charge >= 0.3 is 5.97 Å². The van der Waals surface area contributed by atoms with Crippen LogP contribution in [0, 0.1) is 13.8 Å². The minimum atomic E-state index is -1.01. The summed E-state index contributed by atoms with van der Waals surface area (Å²) in [6.45, 7) is 5.50. The van der Waals surface area contributed by atoms with E-state index in [9.17, 15) is 4.79 Å². The normalized spacial score (nSPS) is 15.9. The summed E-state index contributed by atoms with van der Waals surface area (Å²) >= 11 is 0. The van der Waals surface area contributed by atoms with Crippen LogP contribution in [-0.2, 0) is 9.63 Å². The topological polar surface area (TPSA) is 65.0 Å². The average molecular weight is 263 g/mol. The second kappa shape index (κ2) is 5.29. The first kappa shape index (κ1) is 13.4. The third-order valence-electron chi connectivity index (χ3n) is 2.86. The molecule has 1 atom stereocenters. The zero-order chi connectivity index (χ0) is 14.0. The number of nitrogens with zero attached hydrogens (tertiary/aromatic N) is 2. The predicted molar refractivity (Wildman–Crippen MR) is 70.7 cm³/mol. The highest BCUT2D eigenvalue weighted by molar-refractivity contribution is 5.71. The molecule has 0 radical (unpaired) electrons. The van der Waals surface area contributed by atoms with Crippen LogP contribution >= 0.6 is 0 Å². The van der Waals surface area contributed by atoms with Gasteiger partial charge in [-0.3, -0.25) is 5.01 Å². The fourth-order valence-electron chi connectivity index (χ4n) is 1.88. The Labute approximate surface area is 111 Å². The van der Waals surface area contributed by atoms with Crippen molar-refractivity contribution >= 4 is 11.7 Å². The summed E-state index contributed by atoms with van der Waals surface area (Å²) in [5.41, 5.74) is 6.20. The molecule has 1 aliphatic heterocycles. The molecule has 102 valence electrons. The molecule has 19 heavy (non-hydrogen) atoms. The lowest BCUT2D eigenvalue weighted by molar-refractivity contribution is -0.201. The Morgan fingerprint density at radius 2 is 1.95 bits per heavy atom. The molecule has 2 rings (SSSR count). The summed E-state index contributed by atoms with van der Waals surface area (Å²) in [6, 6.07) is 6.03. The first-order valence-corrected chi connectivity index (χ1v) is 5.98. The van der Waals surface area contributed by atoms with Gasteiger partial charge in [0.05, 0.1) is 11.9 Å². The molecule has 1 heterocycles. The minimum absolute atomic E-state index is 0.921. The first-order valence-electron chi connectivity index (χ1n) is 5.98. The number of carboxylic acids is 1. The van der Waals surface area contributed by atoms with E-state index in [0.717, 1.165) is 16.8 Å². The Morgan fingerprint density at radius 3 is 2.53 bits per heavy atom. The minimum Gasteiger partial charge on any atom is -0.479 e. The number of hydrogen-bond acceptors (Lipinski definition) is 5. The summed E-state index contributed by atoms with van der Waals surface area (Å²) in [4.78, 5) is 15.9. The summed E-state index contributed by atoms with van der Waals surface area (Å²) in [6.07, 6.45) is 2.49. The number of hydroxylamine groups is 1. The number of anilines is 1. The fourth-order valence-corrected chi connectivity index (χ4v) is 1.88. The van der Waals surface area contributed by atoms with Gasteiger partial charge in [0.15, 0.2) is 6.10 Å². The molecule has 0 spiro atoms. The Balaban J connectivity index is 2.07. The van der Waals surface area contributed by atoms with Crippen LogP contribution in [0.4, 0.5) is 5.69 Å². The van der Waals surface area contributed by atoms with E-state index in [1.54, 1.807) is 17.4 Å². The monoisotopic (exact) mass is 263 g/mol. The van der Waals surface area contributed by atoms with Crippen molar-refractivity contribution in [3.05, 3.63) is 41.7 Å². The standard InChI is InChI=1S/C13H17N3O3/c1-9-5-4-6-10(2)12(9)15-7-8-16(14-15)19-11(3)13(17)18/h4-8,11,14H,1-3H3,(H,17,18). The third kappa shape index (κ3) is 2.86. The number of rotatable bonds is 4. The lowest BCUT2D eigenvalue weighted by atomic mass is 10.1. The second-order valence-electron chi connectivity index (χ2n) is 4.42. The van der Waals surface area contributed by atoms with Crippen LogP contribution in [0.15, 0.2) is 30.6 Å². The maximum Gasteiger partial charge on any atom is 0.335 e. The third-order valence-corrected chi connectivity index (χ3v) is 2.86. The van der Waals surface area contributed by atoms with Gasteiger partial charge in [-0.15, -0.1) is 5.53 Å². The molecular weight excluding hydrogens is 246 g/mol. The Kier molecular flexibility index (Phi) is 3.73. The maximum atomic E-state index is 10.7. The largest absolute Gasteiger partial charge is 0.479 e. The summed E-state index contributed by atoms with van der Waals surface area (Å²) in [5.74, 6) is -1.01. The molecule has 1 aromatic carbocycles. The Hall–Kier alpha value is -2.05. The molecule has 1 aliphatic rings. The molecule has 0 saturated heterocycles. The van der Waals surface area contributed by atoms with Crippen molar-refractivity contribution < 1.29 is 14.7 Å². The van der Waals surface area contributed by atoms with Crippen LogP contribution in [0.25, 0.3) is 0 Å². The van der Waals surface area contributed by atoms with Crippen LogP contribution in [0.2, 0.25) is 0 Å².